The number of aliphatic hydroxyl groups is 1. The molecule has 4 nitrogen and oxygen atoms in total. The lowest BCUT2D eigenvalue weighted by atomic mass is 10.00. The fourth-order valence-corrected chi connectivity index (χ4v) is 3.59. The molecule has 3 rings (SSSR count). The molecule has 2 saturated heterocycles. The third-order valence-electron chi connectivity index (χ3n) is 4.12. The fraction of sp³-hybridized carbons (Fsp3) is 0.615. The molecule has 0 amide bonds. The number of aromatic nitrogens is 1. The summed E-state index contributed by atoms with van der Waals surface area (Å²) in [5.41, 5.74) is 6.62. The molecule has 2 unspecified atom stereocenters. The molecule has 3 heterocycles. The van der Waals surface area contributed by atoms with Crippen LogP contribution in [0, 0.1) is 0 Å². The Kier molecular flexibility index (Phi) is 3.18. The number of fused-ring (bicyclic) bond motifs is 2. The van der Waals surface area contributed by atoms with Crippen molar-refractivity contribution in [2.24, 2.45) is 5.73 Å². The molecule has 2 fully saturated rings. The van der Waals surface area contributed by atoms with Crippen molar-refractivity contribution in [3.05, 3.63) is 22.8 Å². The molecule has 0 aliphatic carbocycles. The molecule has 0 spiro atoms. The first-order valence-electron chi connectivity index (χ1n) is 6.50. The molecule has 2 aliphatic rings. The van der Waals surface area contributed by atoms with Crippen LogP contribution >= 0.6 is 11.6 Å². The molecule has 3 N–H and O–H groups in total. The molecule has 5 heteroatoms. The van der Waals surface area contributed by atoms with E-state index in [1.807, 2.05) is 6.07 Å². The van der Waals surface area contributed by atoms with Crippen LogP contribution in [-0.4, -0.2) is 28.3 Å². The van der Waals surface area contributed by atoms with E-state index in [0.29, 0.717) is 23.7 Å². The molecule has 18 heavy (non-hydrogen) atoms. The number of piperidine rings is 1. The summed E-state index contributed by atoms with van der Waals surface area (Å²) in [6.07, 6.45) is 5.48. The highest BCUT2D eigenvalue weighted by atomic mass is 35.5. The molecule has 0 aromatic carbocycles. The lowest BCUT2D eigenvalue weighted by molar-refractivity contribution is 0.126. The Hall–Kier alpha value is -0.840. The average molecular weight is 268 g/mol. The zero-order valence-electron chi connectivity index (χ0n) is 10.2. The van der Waals surface area contributed by atoms with Gasteiger partial charge in [0.05, 0.1) is 11.1 Å². The van der Waals surface area contributed by atoms with E-state index in [4.69, 9.17) is 17.3 Å². The summed E-state index contributed by atoms with van der Waals surface area (Å²) in [6, 6.07) is 2.61. The van der Waals surface area contributed by atoms with Crippen molar-refractivity contribution in [2.45, 2.75) is 50.4 Å². The Morgan fingerprint density at radius 3 is 2.67 bits per heavy atom. The molecule has 0 radical (unpaired) electrons. The smallest absolute Gasteiger partial charge is 0.148 e. The van der Waals surface area contributed by atoms with Gasteiger partial charge in [0.2, 0.25) is 0 Å². The number of hydrogen-bond acceptors (Lipinski definition) is 4. The van der Waals surface area contributed by atoms with Crippen molar-refractivity contribution in [1.29, 1.82) is 0 Å². The van der Waals surface area contributed by atoms with Gasteiger partial charge in [-0.3, -0.25) is 0 Å². The first-order valence-corrected chi connectivity index (χ1v) is 6.88. The summed E-state index contributed by atoms with van der Waals surface area (Å²) in [5, 5.41) is 10.5. The summed E-state index contributed by atoms with van der Waals surface area (Å²) in [4.78, 5) is 6.73. The highest BCUT2D eigenvalue weighted by molar-refractivity contribution is 6.33. The van der Waals surface area contributed by atoms with Crippen molar-refractivity contribution in [3.8, 4) is 0 Å². The van der Waals surface area contributed by atoms with E-state index in [0.717, 1.165) is 37.1 Å². The number of anilines is 1. The molecule has 2 bridgehead atoms. The minimum Gasteiger partial charge on any atom is -0.393 e. The van der Waals surface area contributed by atoms with Crippen molar-refractivity contribution in [3.63, 3.8) is 0 Å². The van der Waals surface area contributed by atoms with Crippen LogP contribution in [0.25, 0.3) is 0 Å². The van der Waals surface area contributed by atoms with Gasteiger partial charge in [-0.15, -0.1) is 0 Å². The van der Waals surface area contributed by atoms with Gasteiger partial charge in [-0.05, 0) is 37.3 Å². The third kappa shape index (κ3) is 1.88. The van der Waals surface area contributed by atoms with Gasteiger partial charge in [0.15, 0.2) is 0 Å². The van der Waals surface area contributed by atoms with E-state index in [-0.39, 0.29) is 6.10 Å². The van der Waals surface area contributed by atoms with E-state index < -0.39 is 0 Å². The maximum Gasteiger partial charge on any atom is 0.148 e. The van der Waals surface area contributed by atoms with Crippen LogP contribution in [0.5, 0.6) is 0 Å². The molecule has 98 valence electrons. The Morgan fingerprint density at radius 2 is 2.06 bits per heavy atom. The standard InChI is InChI=1S/C13H18ClN3O/c14-12-8(7-15)3-4-16-13(12)17-9-1-2-10(17)6-11(18)5-9/h3-4,9-11,18H,1-2,5-7,15H2. The van der Waals surface area contributed by atoms with Gasteiger partial charge in [0.25, 0.3) is 0 Å². The predicted molar refractivity (Wildman–Crippen MR) is 71.7 cm³/mol. The topological polar surface area (TPSA) is 62.4 Å². The van der Waals surface area contributed by atoms with E-state index in [1.54, 1.807) is 6.20 Å². The number of hydrogen-bond donors (Lipinski definition) is 2. The highest BCUT2D eigenvalue weighted by Crippen LogP contribution is 2.41. The van der Waals surface area contributed by atoms with Crippen molar-refractivity contribution in [2.75, 3.05) is 4.90 Å². The summed E-state index contributed by atoms with van der Waals surface area (Å²) in [5.74, 6) is 0.846. The quantitative estimate of drug-likeness (QED) is 0.856. The van der Waals surface area contributed by atoms with Crippen molar-refractivity contribution < 1.29 is 5.11 Å². The van der Waals surface area contributed by atoms with Gasteiger partial charge >= 0.3 is 0 Å². The van der Waals surface area contributed by atoms with E-state index >= 15 is 0 Å². The maximum atomic E-state index is 9.82. The van der Waals surface area contributed by atoms with E-state index in [1.165, 1.54) is 0 Å². The first kappa shape index (κ1) is 12.2. The second-order valence-electron chi connectivity index (χ2n) is 5.23. The Labute approximate surface area is 112 Å². The molecular weight excluding hydrogens is 250 g/mol. The molecule has 1 aromatic heterocycles. The second kappa shape index (κ2) is 4.68. The van der Waals surface area contributed by atoms with Crippen LogP contribution in [0.4, 0.5) is 5.82 Å². The fourth-order valence-electron chi connectivity index (χ4n) is 3.30. The summed E-state index contributed by atoms with van der Waals surface area (Å²) in [7, 11) is 0. The maximum absolute atomic E-state index is 9.82. The lowest BCUT2D eigenvalue weighted by Crippen LogP contribution is -2.45. The van der Waals surface area contributed by atoms with Gasteiger partial charge in [-0.25, -0.2) is 4.98 Å². The van der Waals surface area contributed by atoms with Crippen LogP contribution in [0.2, 0.25) is 5.02 Å². The largest absolute Gasteiger partial charge is 0.393 e. The minimum atomic E-state index is -0.171. The van der Waals surface area contributed by atoms with Crippen molar-refractivity contribution >= 4 is 17.4 Å². The molecular formula is C13H18ClN3O. The second-order valence-corrected chi connectivity index (χ2v) is 5.61. The zero-order chi connectivity index (χ0) is 12.7. The number of nitrogens with two attached hydrogens (primary N) is 1. The van der Waals surface area contributed by atoms with Gasteiger partial charge in [-0.2, -0.15) is 0 Å². The van der Waals surface area contributed by atoms with Crippen LogP contribution in [0.15, 0.2) is 12.3 Å². The Bertz CT molecular complexity index is 440. The van der Waals surface area contributed by atoms with Gasteiger partial charge in [0.1, 0.15) is 5.82 Å². The molecule has 2 atom stereocenters. The summed E-state index contributed by atoms with van der Waals surface area (Å²) < 4.78 is 0. The zero-order valence-corrected chi connectivity index (χ0v) is 11.0. The Balaban J connectivity index is 1.96. The minimum absolute atomic E-state index is 0.171. The average Bonchev–Trinajstić information content (AvgIpc) is 2.62. The number of rotatable bonds is 2. The van der Waals surface area contributed by atoms with E-state index in [9.17, 15) is 5.11 Å². The van der Waals surface area contributed by atoms with Gasteiger partial charge < -0.3 is 15.7 Å². The third-order valence-corrected chi connectivity index (χ3v) is 4.54. The van der Waals surface area contributed by atoms with Crippen LogP contribution in [0.1, 0.15) is 31.2 Å². The van der Waals surface area contributed by atoms with Crippen LogP contribution in [0.3, 0.4) is 0 Å². The highest BCUT2D eigenvalue weighted by Gasteiger charge is 2.41. The number of pyridine rings is 1. The number of nitrogens with zero attached hydrogens (tertiary/aromatic N) is 2. The predicted octanol–water partition coefficient (Wildman–Crippen LogP) is 1.69. The molecule has 0 saturated carbocycles. The van der Waals surface area contributed by atoms with Gasteiger partial charge in [0, 0.05) is 24.8 Å². The number of aliphatic hydroxyl groups excluding tert-OH is 1. The van der Waals surface area contributed by atoms with Crippen molar-refractivity contribution in [1.82, 2.24) is 4.98 Å². The Morgan fingerprint density at radius 1 is 1.39 bits per heavy atom. The van der Waals surface area contributed by atoms with Crippen LogP contribution in [-0.2, 0) is 6.54 Å². The monoisotopic (exact) mass is 267 g/mol. The lowest BCUT2D eigenvalue weighted by Gasteiger charge is -2.38. The van der Waals surface area contributed by atoms with Crippen LogP contribution < -0.4 is 10.6 Å². The summed E-state index contributed by atoms with van der Waals surface area (Å²) >= 11 is 6.39. The molecule has 1 aromatic rings. The van der Waals surface area contributed by atoms with Gasteiger partial charge in [-0.1, -0.05) is 11.6 Å². The first-order chi connectivity index (χ1) is 8.70. The molecule has 2 aliphatic heterocycles. The SMILES string of the molecule is NCc1ccnc(N2C3CCC2CC(O)C3)c1Cl. The van der Waals surface area contributed by atoms with E-state index in [2.05, 4.69) is 9.88 Å². The normalized spacial score (nSPS) is 30.8. The summed E-state index contributed by atoms with van der Waals surface area (Å²) in [6.45, 7) is 0.431. The number of halogens is 1.